The highest BCUT2D eigenvalue weighted by molar-refractivity contribution is 14.0. The molecule has 1 aliphatic heterocycles. The van der Waals surface area contributed by atoms with Crippen LogP contribution in [0.5, 0.6) is 0 Å². The predicted molar refractivity (Wildman–Crippen MR) is 139 cm³/mol. The van der Waals surface area contributed by atoms with E-state index in [1.807, 2.05) is 42.8 Å². The summed E-state index contributed by atoms with van der Waals surface area (Å²) in [6.45, 7) is 9.80. The first kappa shape index (κ1) is 26.1. The molecule has 1 amide bonds. The fraction of sp³-hybridized carbons (Fsp3) is 0.522. The number of carbonyl (C=O) groups is 1. The van der Waals surface area contributed by atoms with Gasteiger partial charge in [-0.05, 0) is 63.8 Å². The van der Waals surface area contributed by atoms with E-state index in [9.17, 15) is 4.79 Å². The van der Waals surface area contributed by atoms with Crippen molar-refractivity contribution in [2.45, 2.75) is 59.2 Å². The van der Waals surface area contributed by atoms with E-state index in [0.29, 0.717) is 13.2 Å². The van der Waals surface area contributed by atoms with Gasteiger partial charge in [-0.15, -0.1) is 24.0 Å². The van der Waals surface area contributed by atoms with Crippen LogP contribution in [0.4, 0.5) is 5.69 Å². The number of ether oxygens (including phenoxy) is 1. The van der Waals surface area contributed by atoms with E-state index in [4.69, 9.17) is 4.74 Å². The molecule has 0 saturated carbocycles. The third kappa shape index (κ3) is 8.09. The minimum Gasteiger partial charge on any atom is -0.368 e. The summed E-state index contributed by atoms with van der Waals surface area (Å²) < 4.78 is 7.49. The molecule has 1 aliphatic rings. The molecular formula is C23H35IN6O2. The number of hydrogen-bond donors (Lipinski definition) is 3. The average molecular weight is 554 g/mol. The Hall–Kier alpha value is -2.14. The van der Waals surface area contributed by atoms with Crippen molar-refractivity contribution in [3.05, 3.63) is 47.3 Å². The topological polar surface area (TPSA) is 92.6 Å². The Bertz CT molecular complexity index is 892. The zero-order valence-corrected chi connectivity index (χ0v) is 21.5. The fourth-order valence-corrected chi connectivity index (χ4v) is 3.60. The van der Waals surface area contributed by atoms with E-state index >= 15 is 0 Å². The van der Waals surface area contributed by atoms with Gasteiger partial charge >= 0.3 is 0 Å². The van der Waals surface area contributed by atoms with E-state index in [-0.39, 0.29) is 36.0 Å². The third-order valence-electron chi connectivity index (χ3n) is 5.12. The van der Waals surface area contributed by atoms with E-state index < -0.39 is 0 Å². The number of amides is 1. The number of nitrogens with zero attached hydrogens (tertiary/aromatic N) is 3. The lowest BCUT2D eigenvalue weighted by atomic mass is 10.2. The lowest BCUT2D eigenvalue weighted by Gasteiger charge is -2.13. The Morgan fingerprint density at radius 1 is 1.28 bits per heavy atom. The standard InChI is InChI=1S/C23H34N6O2.HI/c1-4-24-23(25-11-7-12-29-18(3)14-17(2)28-29)26-16-19-8-5-9-20(15-19)27-22(30)21-10-6-13-31-21;/h5,8-9,14-15,21H,4,6-7,10-13,16H2,1-3H3,(H,27,30)(H2,24,25,26);1H. The second-order valence-electron chi connectivity index (χ2n) is 7.82. The van der Waals surface area contributed by atoms with Crippen molar-refractivity contribution >= 4 is 41.5 Å². The van der Waals surface area contributed by atoms with Crippen LogP contribution in [0, 0.1) is 13.8 Å². The zero-order chi connectivity index (χ0) is 22.1. The van der Waals surface area contributed by atoms with Crippen LogP contribution in [0.1, 0.15) is 43.1 Å². The largest absolute Gasteiger partial charge is 0.368 e. The molecule has 3 rings (SSSR count). The molecule has 0 radical (unpaired) electrons. The number of aromatic nitrogens is 2. The molecule has 1 aromatic heterocycles. The Morgan fingerprint density at radius 3 is 2.81 bits per heavy atom. The minimum absolute atomic E-state index is 0. The molecule has 1 aromatic carbocycles. The van der Waals surface area contributed by atoms with Gasteiger partial charge in [0.1, 0.15) is 6.10 Å². The Kier molecular flexibility index (Phi) is 10.9. The summed E-state index contributed by atoms with van der Waals surface area (Å²) in [5.41, 5.74) is 4.04. The normalized spacial score (nSPS) is 15.8. The molecule has 0 aliphatic carbocycles. The molecule has 2 aromatic rings. The number of guanidine groups is 1. The van der Waals surface area contributed by atoms with Gasteiger partial charge in [0.05, 0.1) is 12.2 Å². The van der Waals surface area contributed by atoms with Crippen LogP contribution in [-0.4, -0.2) is 47.4 Å². The van der Waals surface area contributed by atoms with E-state index in [0.717, 1.165) is 61.8 Å². The number of hydrogen-bond acceptors (Lipinski definition) is 4. The number of aliphatic imine (C=N–C) groups is 1. The molecule has 1 unspecified atom stereocenters. The van der Waals surface area contributed by atoms with Crippen LogP contribution >= 0.6 is 24.0 Å². The van der Waals surface area contributed by atoms with Crippen LogP contribution in [0.3, 0.4) is 0 Å². The maximum Gasteiger partial charge on any atom is 0.253 e. The molecule has 2 heterocycles. The number of nitrogens with one attached hydrogen (secondary N) is 3. The minimum atomic E-state index is -0.333. The quantitative estimate of drug-likeness (QED) is 0.191. The van der Waals surface area contributed by atoms with Crippen LogP contribution < -0.4 is 16.0 Å². The highest BCUT2D eigenvalue weighted by Crippen LogP contribution is 2.16. The monoisotopic (exact) mass is 554 g/mol. The molecule has 9 heteroatoms. The SMILES string of the molecule is CCNC(=NCc1cccc(NC(=O)C2CCCO2)c1)NCCCn1nc(C)cc1C.I. The van der Waals surface area contributed by atoms with Crippen LogP contribution in [0.15, 0.2) is 35.3 Å². The number of rotatable bonds is 9. The van der Waals surface area contributed by atoms with E-state index in [1.165, 1.54) is 5.69 Å². The average Bonchev–Trinajstić information content (AvgIpc) is 3.39. The molecule has 3 N–H and O–H groups in total. The molecule has 8 nitrogen and oxygen atoms in total. The van der Waals surface area contributed by atoms with E-state index in [2.05, 4.69) is 39.0 Å². The summed E-state index contributed by atoms with van der Waals surface area (Å²) in [5, 5.41) is 14.1. The van der Waals surface area contributed by atoms with Crippen molar-refractivity contribution in [3.8, 4) is 0 Å². The number of halogens is 1. The number of aryl methyl sites for hydroxylation is 3. The maximum atomic E-state index is 12.3. The fourth-order valence-electron chi connectivity index (χ4n) is 3.60. The van der Waals surface area contributed by atoms with Crippen molar-refractivity contribution in [2.24, 2.45) is 4.99 Å². The van der Waals surface area contributed by atoms with Crippen molar-refractivity contribution in [1.82, 2.24) is 20.4 Å². The first-order valence-corrected chi connectivity index (χ1v) is 11.1. The first-order chi connectivity index (χ1) is 15.0. The summed E-state index contributed by atoms with van der Waals surface area (Å²) in [4.78, 5) is 16.9. The molecule has 176 valence electrons. The molecule has 1 fully saturated rings. The van der Waals surface area contributed by atoms with Gasteiger partial charge in [0.15, 0.2) is 5.96 Å². The molecular weight excluding hydrogens is 519 g/mol. The van der Waals surface area contributed by atoms with Crippen molar-refractivity contribution in [2.75, 3.05) is 25.0 Å². The third-order valence-corrected chi connectivity index (χ3v) is 5.12. The van der Waals surface area contributed by atoms with Crippen molar-refractivity contribution in [3.63, 3.8) is 0 Å². The van der Waals surface area contributed by atoms with Gasteiger partial charge in [-0.2, -0.15) is 5.10 Å². The number of carbonyl (C=O) groups excluding carboxylic acids is 1. The molecule has 1 saturated heterocycles. The van der Waals surface area contributed by atoms with Crippen molar-refractivity contribution < 1.29 is 9.53 Å². The summed E-state index contributed by atoms with van der Waals surface area (Å²) in [7, 11) is 0. The Labute approximate surface area is 207 Å². The Balaban J connectivity index is 0.00000363. The Morgan fingerprint density at radius 2 is 2.12 bits per heavy atom. The second-order valence-corrected chi connectivity index (χ2v) is 7.82. The van der Waals surface area contributed by atoms with Gasteiger partial charge in [0.2, 0.25) is 0 Å². The molecule has 1 atom stereocenters. The summed E-state index contributed by atoms with van der Waals surface area (Å²) in [5.74, 6) is 0.709. The van der Waals surface area contributed by atoms with E-state index in [1.54, 1.807) is 0 Å². The van der Waals surface area contributed by atoms with Crippen LogP contribution in [0.25, 0.3) is 0 Å². The number of anilines is 1. The lowest BCUT2D eigenvalue weighted by Crippen LogP contribution is -2.38. The lowest BCUT2D eigenvalue weighted by molar-refractivity contribution is -0.124. The summed E-state index contributed by atoms with van der Waals surface area (Å²) >= 11 is 0. The molecule has 32 heavy (non-hydrogen) atoms. The first-order valence-electron chi connectivity index (χ1n) is 11.1. The zero-order valence-electron chi connectivity index (χ0n) is 19.2. The number of benzene rings is 1. The van der Waals surface area contributed by atoms with Crippen LogP contribution in [-0.2, 0) is 22.6 Å². The van der Waals surface area contributed by atoms with Crippen LogP contribution in [0.2, 0.25) is 0 Å². The highest BCUT2D eigenvalue weighted by atomic mass is 127. The summed E-state index contributed by atoms with van der Waals surface area (Å²) in [6, 6.07) is 9.89. The van der Waals surface area contributed by atoms with Crippen molar-refractivity contribution in [1.29, 1.82) is 0 Å². The molecule has 0 bridgehead atoms. The smallest absolute Gasteiger partial charge is 0.253 e. The summed E-state index contributed by atoms with van der Waals surface area (Å²) in [6.07, 6.45) is 2.35. The van der Waals surface area contributed by atoms with Gasteiger partial charge in [0.25, 0.3) is 5.91 Å². The van der Waals surface area contributed by atoms with Gasteiger partial charge in [0, 0.05) is 37.6 Å². The van der Waals surface area contributed by atoms with Gasteiger partial charge in [-0.25, -0.2) is 4.99 Å². The van der Waals surface area contributed by atoms with Gasteiger partial charge in [-0.1, -0.05) is 12.1 Å². The molecule has 0 spiro atoms. The maximum absolute atomic E-state index is 12.3. The highest BCUT2D eigenvalue weighted by Gasteiger charge is 2.23. The predicted octanol–water partition coefficient (Wildman–Crippen LogP) is 3.38. The van der Waals surface area contributed by atoms with Gasteiger partial charge in [-0.3, -0.25) is 9.48 Å². The second kappa shape index (κ2) is 13.4. The van der Waals surface area contributed by atoms with Gasteiger partial charge < -0.3 is 20.7 Å².